The van der Waals surface area contributed by atoms with Gasteiger partial charge in [-0.15, -0.1) is 0 Å². The van der Waals surface area contributed by atoms with Gasteiger partial charge >= 0.3 is 5.63 Å². The van der Waals surface area contributed by atoms with Crippen LogP contribution in [0.4, 0.5) is 0 Å². The first-order valence-corrected chi connectivity index (χ1v) is 8.67. The average Bonchev–Trinajstić information content (AvgIpc) is 2.68. The molecule has 2 heterocycles. The molecule has 0 fully saturated rings. The average molecular weight is 359 g/mol. The fourth-order valence-corrected chi connectivity index (χ4v) is 3.41. The Labute approximate surface area is 154 Å². The number of hydrogen-bond donors (Lipinski definition) is 1. The highest BCUT2D eigenvalue weighted by Crippen LogP contribution is 2.32. The molecule has 0 aliphatic carbocycles. The van der Waals surface area contributed by atoms with E-state index in [0.29, 0.717) is 23.4 Å². The van der Waals surface area contributed by atoms with Gasteiger partial charge in [0.05, 0.1) is 11.8 Å². The normalized spacial score (nSPS) is 11.0. The Balaban J connectivity index is 2.29. The Morgan fingerprint density at radius 3 is 2.22 bits per heavy atom. The zero-order valence-corrected chi connectivity index (χ0v) is 14.7. The molecule has 27 heavy (non-hydrogen) atoms. The third-order valence-electron chi connectivity index (χ3n) is 4.56. The summed E-state index contributed by atoms with van der Waals surface area (Å²) in [5, 5.41) is 10.3. The highest BCUT2D eigenvalue weighted by Gasteiger charge is 2.22. The van der Waals surface area contributed by atoms with Crippen LogP contribution in [0.15, 0.2) is 80.7 Å². The van der Waals surface area contributed by atoms with E-state index < -0.39 is 11.2 Å². The zero-order chi connectivity index (χ0) is 19.0. The fraction of sp³-hybridized carbons (Fsp3) is 0.0909. The largest absolute Gasteiger partial charge is 0.507 e. The first-order valence-electron chi connectivity index (χ1n) is 8.67. The lowest BCUT2D eigenvalue weighted by molar-refractivity contribution is 0.466. The summed E-state index contributed by atoms with van der Waals surface area (Å²) in [4.78, 5) is 25.2. The highest BCUT2D eigenvalue weighted by molar-refractivity contribution is 5.90. The molecule has 1 N–H and O–H groups in total. The van der Waals surface area contributed by atoms with Crippen LogP contribution in [0.5, 0.6) is 5.75 Å². The molecule has 2 aromatic carbocycles. The van der Waals surface area contributed by atoms with Crippen molar-refractivity contribution in [2.45, 2.75) is 13.3 Å². The summed E-state index contributed by atoms with van der Waals surface area (Å²) < 4.78 is 6.94. The Morgan fingerprint density at radius 1 is 0.963 bits per heavy atom. The molecule has 134 valence electrons. The molecule has 0 aliphatic rings. The van der Waals surface area contributed by atoms with E-state index in [1.54, 1.807) is 4.57 Å². The van der Waals surface area contributed by atoms with Gasteiger partial charge in [-0.25, -0.2) is 4.79 Å². The van der Waals surface area contributed by atoms with E-state index in [1.165, 1.54) is 0 Å². The second-order valence-electron chi connectivity index (χ2n) is 6.18. The van der Waals surface area contributed by atoms with Crippen molar-refractivity contribution in [1.29, 1.82) is 0 Å². The van der Waals surface area contributed by atoms with E-state index in [2.05, 4.69) is 0 Å². The van der Waals surface area contributed by atoms with Gasteiger partial charge in [-0.05, 0) is 24.1 Å². The van der Waals surface area contributed by atoms with Gasteiger partial charge in [0.1, 0.15) is 11.1 Å². The maximum Gasteiger partial charge on any atom is 0.339 e. The topological polar surface area (TPSA) is 72.4 Å². The standard InChI is InChI=1S/C22H17NO4/c1-2-16-20(14-9-5-3-6-10-14)23(15-11-7-4-8-12-15)22(26)19-17(24)13-18(25)27-21(16)19/h3-13,24H,2H2,1H3. The maximum atomic E-state index is 13.4. The van der Waals surface area contributed by atoms with Crippen LogP contribution >= 0.6 is 0 Å². The SMILES string of the molecule is CCc1c(-c2ccccc2)n(-c2ccccc2)c(=O)c2c(O)cc(=O)oc12. The van der Waals surface area contributed by atoms with Gasteiger partial charge in [0.15, 0.2) is 5.58 Å². The lowest BCUT2D eigenvalue weighted by Crippen LogP contribution is -2.23. The molecule has 0 unspecified atom stereocenters. The summed E-state index contributed by atoms with van der Waals surface area (Å²) in [5.74, 6) is -0.370. The van der Waals surface area contributed by atoms with E-state index in [1.807, 2.05) is 67.6 Å². The van der Waals surface area contributed by atoms with E-state index in [9.17, 15) is 14.7 Å². The lowest BCUT2D eigenvalue weighted by Gasteiger charge is -2.19. The molecule has 2 aromatic heterocycles. The second kappa shape index (κ2) is 6.61. The van der Waals surface area contributed by atoms with Crippen LogP contribution in [-0.2, 0) is 6.42 Å². The molecule has 0 aliphatic heterocycles. The van der Waals surface area contributed by atoms with Crippen LogP contribution in [0.1, 0.15) is 12.5 Å². The van der Waals surface area contributed by atoms with E-state index in [-0.39, 0.29) is 16.7 Å². The third-order valence-corrected chi connectivity index (χ3v) is 4.56. The predicted molar refractivity (Wildman–Crippen MR) is 105 cm³/mol. The minimum absolute atomic E-state index is 0.00924. The summed E-state index contributed by atoms with van der Waals surface area (Å²) in [6.07, 6.45) is 0.514. The third kappa shape index (κ3) is 2.73. The van der Waals surface area contributed by atoms with Crippen molar-refractivity contribution in [3.63, 3.8) is 0 Å². The number of fused-ring (bicyclic) bond motifs is 1. The maximum absolute atomic E-state index is 13.4. The minimum atomic E-state index is -0.689. The van der Waals surface area contributed by atoms with E-state index in [0.717, 1.165) is 11.6 Å². The summed E-state index contributed by atoms with van der Waals surface area (Å²) in [5.41, 5.74) is 1.84. The van der Waals surface area contributed by atoms with Crippen molar-refractivity contribution in [1.82, 2.24) is 4.57 Å². The summed E-state index contributed by atoms with van der Waals surface area (Å²) in [6.45, 7) is 1.92. The smallest absolute Gasteiger partial charge is 0.339 e. The van der Waals surface area contributed by atoms with Crippen LogP contribution in [0.25, 0.3) is 27.9 Å². The van der Waals surface area contributed by atoms with E-state index in [4.69, 9.17) is 4.42 Å². The Bertz CT molecular complexity index is 1240. The van der Waals surface area contributed by atoms with Crippen molar-refractivity contribution in [2.24, 2.45) is 0 Å². The number of rotatable bonds is 3. The number of pyridine rings is 1. The molecule has 0 atom stereocenters. The summed E-state index contributed by atoms with van der Waals surface area (Å²) >= 11 is 0. The lowest BCUT2D eigenvalue weighted by atomic mass is 10.00. The van der Waals surface area contributed by atoms with Crippen LogP contribution in [0.2, 0.25) is 0 Å². The molecule has 0 bridgehead atoms. The zero-order valence-electron chi connectivity index (χ0n) is 14.7. The first kappa shape index (κ1) is 16.8. The van der Waals surface area contributed by atoms with Gasteiger partial charge in [0.25, 0.3) is 5.56 Å². The molecule has 0 spiro atoms. The van der Waals surface area contributed by atoms with E-state index >= 15 is 0 Å². The van der Waals surface area contributed by atoms with Gasteiger partial charge in [-0.2, -0.15) is 0 Å². The van der Waals surface area contributed by atoms with Crippen LogP contribution in [0, 0.1) is 0 Å². The van der Waals surface area contributed by atoms with Crippen LogP contribution in [0.3, 0.4) is 0 Å². The van der Waals surface area contributed by atoms with Crippen LogP contribution < -0.4 is 11.2 Å². The summed E-state index contributed by atoms with van der Waals surface area (Å²) in [6, 6.07) is 19.6. The number of nitrogens with zero attached hydrogens (tertiary/aromatic N) is 1. The summed E-state index contributed by atoms with van der Waals surface area (Å²) in [7, 11) is 0. The first-order chi connectivity index (χ1) is 13.1. The van der Waals surface area contributed by atoms with Crippen molar-refractivity contribution < 1.29 is 9.52 Å². The van der Waals surface area contributed by atoms with Crippen molar-refractivity contribution >= 4 is 11.0 Å². The molecule has 4 aromatic rings. The molecule has 0 saturated heterocycles. The molecule has 4 rings (SSSR count). The van der Waals surface area contributed by atoms with Crippen molar-refractivity contribution in [3.05, 3.63) is 93.1 Å². The number of hydrogen-bond acceptors (Lipinski definition) is 4. The molecule has 5 nitrogen and oxygen atoms in total. The Hall–Kier alpha value is -3.60. The second-order valence-corrected chi connectivity index (χ2v) is 6.18. The van der Waals surface area contributed by atoms with Gasteiger partial charge in [-0.3, -0.25) is 9.36 Å². The molecular weight excluding hydrogens is 342 g/mol. The number of aryl methyl sites for hydroxylation is 1. The van der Waals surface area contributed by atoms with Gasteiger partial charge in [-0.1, -0.05) is 55.5 Å². The monoisotopic (exact) mass is 359 g/mol. The van der Waals surface area contributed by atoms with Gasteiger partial charge < -0.3 is 9.52 Å². The van der Waals surface area contributed by atoms with Crippen LogP contribution in [-0.4, -0.2) is 9.67 Å². The molecule has 0 amide bonds. The molecular formula is C22H17NO4. The van der Waals surface area contributed by atoms with Gasteiger partial charge in [0, 0.05) is 11.3 Å². The number of aromatic hydroxyl groups is 1. The number of para-hydroxylation sites is 1. The predicted octanol–water partition coefficient (Wildman–Crippen LogP) is 3.88. The molecule has 0 radical (unpaired) electrons. The highest BCUT2D eigenvalue weighted by atomic mass is 16.4. The molecule has 5 heteroatoms. The minimum Gasteiger partial charge on any atom is -0.507 e. The fourth-order valence-electron chi connectivity index (χ4n) is 3.41. The quantitative estimate of drug-likeness (QED) is 0.602. The number of aromatic nitrogens is 1. The Kier molecular flexibility index (Phi) is 4.12. The Morgan fingerprint density at radius 2 is 1.59 bits per heavy atom. The van der Waals surface area contributed by atoms with Gasteiger partial charge in [0.2, 0.25) is 0 Å². The molecule has 0 saturated carbocycles. The van der Waals surface area contributed by atoms with Crippen molar-refractivity contribution in [3.8, 4) is 22.7 Å². The van der Waals surface area contributed by atoms with Crippen molar-refractivity contribution in [2.75, 3.05) is 0 Å². The number of benzene rings is 2.